The number of hydrogen-bond acceptors (Lipinski definition) is 2. The molecular weight excluding hydrogens is 276 g/mol. The molecule has 1 fully saturated rings. The van der Waals surface area contributed by atoms with Crippen molar-refractivity contribution in [2.24, 2.45) is 0 Å². The van der Waals surface area contributed by atoms with E-state index in [9.17, 15) is 5.11 Å². The number of aliphatic hydroxyl groups is 1. The lowest BCUT2D eigenvalue weighted by molar-refractivity contribution is -1.00. The zero-order valence-corrected chi connectivity index (χ0v) is 14.5. The van der Waals surface area contributed by atoms with Gasteiger partial charge in [0, 0.05) is 0 Å². The predicted octanol–water partition coefficient (Wildman–Crippen LogP) is -0.863. The van der Waals surface area contributed by atoms with Gasteiger partial charge in [-0.25, -0.2) is 0 Å². The van der Waals surface area contributed by atoms with Gasteiger partial charge in [0.1, 0.15) is 51.2 Å². The summed E-state index contributed by atoms with van der Waals surface area (Å²) in [7, 11) is 2.23. The van der Waals surface area contributed by atoms with Crippen molar-refractivity contribution in [3.8, 4) is 5.75 Å². The zero-order valence-electron chi connectivity index (χ0n) is 14.5. The van der Waals surface area contributed by atoms with Crippen LogP contribution in [0.2, 0.25) is 0 Å². The lowest BCUT2D eigenvalue weighted by Crippen LogP contribution is -3.27. The van der Waals surface area contributed by atoms with E-state index in [-0.39, 0.29) is 5.41 Å². The Morgan fingerprint density at radius 3 is 2.23 bits per heavy atom. The van der Waals surface area contributed by atoms with Gasteiger partial charge < -0.3 is 19.6 Å². The van der Waals surface area contributed by atoms with Crippen LogP contribution < -0.4 is 14.5 Å². The molecular formula is C18H32N2O2+2. The molecule has 3 N–H and O–H groups in total. The number of hydrogen-bond donors (Lipinski definition) is 3. The van der Waals surface area contributed by atoms with E-state index < -0.39 is 6.10 Å². The summed E-state index contributed by atoms with van der Waals surface area (Å²) in [5, 5.41) is 10.2. The summed E-state index contributed by atoms with van der Waals surface area (Å²) in [5.41, 5.74) is 1.45. The maximum atomic E-state index is 10.2. The van der Waals surface area contributed by atoms with E-state index >= 15 is 0 Å². The lowest BCUT2D eigenvalue weighted by Gasteiger charge is -2.28. The van der Waals surface area contributed by atoms with Crippen LogP contribution in [0.25, 0.3) is 0 Å². The highest BCUT2D eigenvalue weighted by Crippen LogP contribution is 2.24. The fourth-order valence-corrected chi connectivity index (χ4v) is 2.87. The van der Waals surface area contributed by atoms with Crippen molar-refractivity contribution in [2.45, 2.75) is 32.3 Å². The first-order valence-corrected chi connectivity index (χ1v) is 8.41. The van der Waals surface area contributed by atoms with E-state index in [1.165, 1.54) is 23.6 Å². The van der Waals surface area contributed by atoms with Crippen molar-refractivity contribution in [3.63, 3.8) is 0 Å². The van der Waals surface area contributed by atoms with Gasteiger partial charge in [0.15, 0.2) is 0 Å². The minimum atomic E-state index is -0.393. The van der Waals surface area contributed by atoms with E-state index in [4.69, 9.17) is 4.74 Å². The summed E-state index contributed by atoms with van der Waals surface area (Å²) in [4.78, 5) is 3.08. The monoisotopic (exact) mass is 308 g/mol. The van der Waals surface area contributed by atoms with Gasteiger partial charge in [0.25, 0.3) is 0 Å². The smallest absolute Gasteiger partial charge is 0.137 e. The number of nitrogens with one attached hydrogen (secondary N) is 2. The second-order valence-corrected chi connectivity index (χ2v) is 7.65. The SMILES string of the molecule is C[NH+]1CC[NH+](C[C@H](O)COc2ccc(C(C)(C)C)cc2)CC1. The van der Waals surface area contributed by atoms with Crippen molar-refractivity contribution in [3.05, 3.63) is 29.8 Å². The van der Waals surface area contributed by atoms with Crippen LogP contribution in [-0.2, 0) is 5.41 Å². The number of rotatable bonds is 5. The average Bonchev–Trinajstić information content (AvgIpc) is 2.47. The quantitative estimate of drug-likeness (QED) is 0.662. The molecule has 1 aromatic rings. The molecule has 0 bridgehead atoms. The minimum Gasteiger partial charge on any atom is -0.491 e. The van der Waals surface area contributed by atoms with Crippen LogP contribution in [0.1, 0.15) is 26.3 Å². The van der Waals surface area contributed by atoms with Gasteiger partial charge in [-0.3, -0.25) is 0 Å². The summed E-state index contributed by atoms with van der Waals surface area (Å²) >= 11 is 0. The topological polar surface area (TPSA) is 38.3 Å². The molecule has 0 spiro atoms. The third-order valence-electron chi connectivity index (χ3n) is 4.50. The molecule has 4 nitrogen and oxygen atoms in total. The van der Waals surface area contributed by atoms with Crippen molar-refractivity contribution >= 4 is 0 Å². The number of aliphatic hydroxyl groups excluding tert-OH is 1. The van der Waals surface area contributed by atoms with Gasteiger partial charge in [-0.1, -0.05) is 32.9 Å². The molecule has 124 valence electrons. The molecule has 0 radical (unpaired) electrons. The first-order valence-electron chi connectivity index (χ1n) is 8.41. The van der Waals surface area contributed by atoms with Gasteiger partial charge in [-0.2, -0.15) is 0 Å². The Kier molecular flexibility index (Phi) is 5.84. The molecule has 1 aliphatic rings. The van der Waals surface area contributed by atoms with Crippen LogP contribution in [0, 0.1) is 0 Å². The zero-order chi connectivity index (χ0) is 16.2. The van der Waals surface area contributed by atoms with Gasteiger partial charge in [0.2, 0.25) is 0 Å². The fourth-order valence-electron chi connectivity index (χ4n) is 2.87. The fraction of sp³-hybridized carbons (Fsp3) is 0.667. The molecule has 1 aliphatic heterocycles. The number of benzene rings is 1. The Labute approximate surface area is 134 Å². The second kappa shape index (κ2) is 7.44. The third-order valence-corrected chi connectivity index (χ3v) is 4.50. The molecule has 0 aromatic heterocycles. The molecule has 1 aromatic carbocycles. The molecule has 0 amide bonds. The Morgan fingerprint density at radius 2 is 1.68 bits per heavy atom. The van der Waals surface area contributed by atoms with Crippen LogP contribution in [-0.4, -0.2) is 57.6 Å². The molecule has 1 atom stereocenters. The Morgan fingerprint density at radius 1 is 1.09 bits per heavy atom. The highest BCUT2D eigenvalue weighted by atomic mass is 16.5. The van der Waals surface area contributed by atoms with Crippen molar-refractivity contribution < 1.29 is 19.6 Å². The highest BCUT2D eigenvalue weighted by Gasteiger charge is 2.22. The Balaban J connectivity index is 1.75. The van der Waals surface area contributed by atoms with Crippen LogP contribution in [0.15, 0.2) is 24.3 Å². The van der Waals surface area contributed by atoms with E-state index in [1.54, 1.807) is 4.90 Å². The second-order valence-electron chi connectivity index (χ2n) is 7.65. The van der Waals surface area contributed by atoms with Crippen LogP contribution >= 0.6 is 0 Å². The molecule has 4 heteroatoms. The first kappa shape index (κ1) is 17.3. The van der Waals surface area contributed by atoms with Gasteiger partial charge in [-0.05, 0) is 23.1 Å². The summed E-state index contributed by atoms with van der Waals surface area (Å²) in [6.45, 7) is 12.4. The van der Waals surface area contributed by atoms with Gasteiger partial charge >= 0.3 is 0 Å². The number of piperazine rings is 1. The molecule has 0 aliphatic carbocycles. The van der Waals surface area contributed by atoms with E-state index in [1.807, 2.05) is 12.1 Å². The van der Waals surface area contributed by atoms with Crippen LogP contribution in [0.4, 0.5) is 0 Å². The number of likely N-dealkylation sites (N-methyl/N-ethyl adjacent to an activating group) is 1. The Hall–Kier alpha value is -1.10. The van der Waals surface area contributed by atoms with Crippen LogP contribution in [0.5, 0.6) is 5.75 Å². The highest BCUT2D eigenvalue weighted by molar-refractivity contribution is 5.31. The first-order chi connectivity index (χ1) is 10.3. The molecule has 22 heavy (non-hydrogen) atoms. The summed E-state index contributed by atoms with van der Waals surface area (Å²) in [6, 6.07) is 8.21. The maximum absolute atomic E-state index is 10.2. The summed E-state index contributed by atoms with van der Waals surface area (Å²) in [6.07, 6.45) is -0.393. The summed E-state index contributed by atoms with van der Waals surface area (Å²) in [5.74, 6) is 0.838. The van der Waals surface area contributed by atoms with E-state index in [0.717, 1.165) is 25.4 Å². The number of ether oxygens (including phenoxy) is 1. The van der Waals surface area contributed by atoms with Gasteiger partial charge in [-0.15, -0.1) is 0 Å². The minimum absolute atomic E-state index is 0.158. The molecule has 1 heterocycles. The summed E-state index contributed by atoms with van der Waals surface area (Å²) < 4.78 is 5.73. The molecule has 0 saturated carbocycles. The average molecular weight is 308 g/mol. The molecule has 2 rings (SSSR count). The standard InChI is InChI=1S/C18H30N2O2/c1-18(2,3)15-5-7-17(8-6-15)22-14-16(21)13-20-11-9-19(4)10-12-20/h5-8,16,21H,9-14H2,1-4H3/p+2/t16-/m0/s1. The Bertz CT molecular complexity index is 445. The largest absolute Gasteiger partial charge is 0.491 e. The lowest BCUT2D eigenvalue weighted by atomic mass is 9.87. The van der Waals surface area contributed by atoms with Crippen molar-refractivity contribution in [2.75, 3.05) is 46.4 Å². The molecule has 1 saturated heterocycles. The third kappa shape index (κ3) is 5.27. The van der Waals surface area contributed by atoms with E-state index in [2.05, 4.69) is 40.0 Å². The maximum Gasteiger partial charge on any atom is 0.137 e. The van der Waals surface area contributed by atoms with Crippen molar-refractivity contribution in [1.29, 1.82) is 0 Å². The number of quaternary nitrogens is 2. The van der Waals surface area contributed by atoms with Crippen molar-refractivity contribution in [1.82, 2.24) is 0 Å². The van der Waals surface area contributed by atoms with E-state index in [0.29, 0.717) is 6.61 Å². The van der Waals surface area contributed by atoms with Crippen LogP contribution in [0.3, 0.4) is 0 Å². The molecule has 0 unspecified atom stereocenters. The predicted molar refractivity (Wildman–Crippen MR) is 88.8 cm³/mol. The van der Waals surface area contributed by atoms with Gasteiger partial charge in [0.05, 0.1) is 7.05 Å². The normalized spacial score (nSPS) is 24.0.